The number of sulfonamides is 1. The number of nitrogens with two attached hydrogens (primary N) is 1. The smallest absolute Gasteiger partial charge is 0.305 e. The number of rotatable bonds is 6. The van der Waals surface area contributed by atoms with Crippen LogP contribution in [0.4, 0.5) is 27.1 Å². The zero-order chi connectivity index (χ0) is 26.0. The van der Waals surface area contributed by atoms with Gasteiger partial charge in [0.05, 0.1) is 26.9 Å². The van der Waals surface area contributed by atoms with Gasteiger partial charge < -0.3 is 10.4 Å². The van der Waals surface area contributed by atoms with E-state index in [1.807, 2.05) is 0 Å². The molecule has 0 aromatic heterocycles. The molecule has 4 N–H and O–H groups in total. The lowest BCUT2D eigenvalue weighted by atomic mass is 10.1. The van der Waals surface area contributed by atoms with Gasteiger partial charge in [-0.05, 0) is 54.6 Å². The molecule has 0 radical (unpaired) electrons. The second kappa shape index (κ2) is 9.48. The Balaban J connectivity index is 1.72. The Labute approximate surface area is 202 Å². The van der Waals surface area contributed by atoms with E-state index in [9.17, 15) is 32.8 Å². The van der Waals surface area contributed by atoms with E-state index in [0.717, 1.165) is 18.2 Å². The van der Waals surface area contributed by atoms with E-state index in [2.05, 4.69) is 15.5 Å². The minimum Gasteiger partial charge on any atom is -0.507 e. The molecule has 4 aromatic carbocycles. The summed E-state index contributed by atoms with van der Waals surface area (Å²) in [5.74, 6) is -1.93. The fourth-order valence-corrected chi connectivity index (χ4v) is 3.88. The Hall–Kier alpha value is -4.75. The quantitative estimate of drug-likeness (QED) is 0.189. The number of benzene rings is 4. The number of nitro groups is 1. The number of fused-ring (bicyclic) bond motifs is 1. The third-order valence-corrected chi connectivity index (χ3v) is 6.02. The highest BCUT2D eigenvalue weighted by atomic mass is 32.2. The van der Waals surface area contributed by atoms with Crippen LogP contribution in [0.5, 0.6) is 5.75 Å². The highest BCUT2D eigenvalue weighted by Crippen LogP contribution is 2.38. The number of amides is 1. The van der Waals surface area contributed by atoms with E-state index < -0.39 is 32.4 Å². The zero-order valence-corrected chi connectivity index (χ0v) is 18.9. The molecule has 0 atom stereocenters. The summed E-state index contributed by atoms with van der Waals surface area (Å²) < 4.78 is 36.5. The molecule has 0 fully saturated rings. The van der Waals surface area contributed by atoms with Gasteiger partial charge in [-0.3, -0.25) is 14.9 Å². The summed E-state index contributed by atoms with van der Waals surface area (Å²) in [5.41, 5.74) is -0.235. The molecule has 1 amide bonds. The summed E-state index contributed by atoms with van der Waals surface area (Å²) in [6.45, 7) is 0. The largest absolute Gasteiger partial charge is 0.507 e. The van der Waals surface area contributed by atoms with Crippen LogP contribution in [-0.2, 0) is 10.0 Å². The predicted octanol–water partition coefficient (Wildman–Crippen LogP) is 4.91. The molecule has 182 valence electrons. The van der Waals surface area contributed by atoms with Crippen LogP contribution in [-0.4, -0.2) is 24.4 Å². The van der Waals surface area contributed by atoms with Crippen molar-refractivity contribution in [2.24, 2.45) is 15.4 Å². The molecular formula is C23H16FN5O6S. The number of nitro benzene ring substituents is 1. The van der Waals surface area contributed by atoms with Crippen LogP contribution in [0.25, 0.3) is 10.8 Å². The molecule has 0 bridgehead atoms. The molecule has 0 heterocycles. The van der Waals surface area contributed by atoms with Crippen LogP contribution in [0.15, 0.2) is 87.9 Å². The molecule has 36 heavy (non-hydrogen) atoms. The number of phenols is 1. The summed E-state index contributed by atoms with van der Waals surface area (Å²) in [5, 5.41) is 37.9. The van der Waals surface area contributed by atoms with Gasteiger partial charge in [0.25, 0.3) is 5.91 Å². The summed E-state index contributed by atoms with van der Waals surface area (Å²) >= 11 is 0. The van der Waals surface area contributed by atoms with Crippen LogP contribution in [0.3, 0.4) is 0 Å². The summed E-state index contributed by atoms with van der Waals surface area (Å²) in [7, 11) is -3.87. The van der Waals surface area contributed by atoms with Crippen molar-refractivity contribution in [1.29, 1.82) is 0 Å². The van der Waals surface area contributed by atoms with Gasteiger partial charge in [-0.2, -0.15) is 9.50 Å². The summed E-state index contributed by atoms with van der Waals surface area (Å²) in [4.78, 5) is 22.8. The molecule has 0 unspecified atom stereocenters. The van der Waals surface area contributed by atoms with E-state index in [4.69, 9.17) is 5.14 Å². The van der Waals surface area contributed by atoms with E-state index in [1.54, 1.807) is 12.1 Å². The average molecular weight is 509 g/mol. The first-order valence-electron chi connectivity index (χ1n) is 10.1. The molecule has 0 aliphatic rings. The molecule has 11 nitrogen and oxygen atoms in total. The minimum atomic E-state index is -3.87. The minimum absolute atomic E-state index is 0.0949. The first kappa shape index (κ1) is 24.4. The number of phenolic OH excluding ortho intramolecular Hbond substituents is 1. The third-order valence-electron chi connectivity index (χ3n) is 5.09. The number of azo groups is 1. The number of carbonyl (C=O) groups is 1. The van der Waals surface area contributed by atoms with E-state index in [1.165, 1.54) is 42.5 Å². The van der Waals surface area contributed by atoms with E-state index in [-0.39, 0.29) is 27.6 Å². The van der Waals surface area contributed by atoms with E-state index in [0.29, 0.717) is 16.5 Å². The Kier molecular flexibility index (Phi) is 6.42. The zero-order valence-electron chi connectivity index (χ0n) is 18.1. The van der Waals surface area contributed by atoms with Crippen LogP contribution in [0.1, 0.15) is 10.4 Å². The number of primary sulfonamides is 1. The van der Waals surface area contributed by atoms with Gasteiger partial charge in [0.1, 0.15) is 5.75 Å². The van der Waals surface area contributed by atoms with Crippen molar-refractivity contribution >= 4 is 49.5 Å². The van der Waals surface area contributed by atoms with Crippen molar-refractivity contribution in [3.63, 3.8) is 0 Å². The maximum absolute atomic E-state index is 13.7. The van der Waals surface area contributed by atoms with Crippen molar-refractivity contribution in [1.82, 2.24) is 0 Å². The summed E-state index contributed by atoms with van der Waals surface area (Å²) in [6.07, 6.45) is 0. The first-order valence-corrected chi connectivity index (χ1v) is 11.6. The fraction of sp³-hybridized carbons (Fsp3) is 0. The fourth-order valence-electron chi connectivity index (χ4n) is 3.36. The molecule has 0 aliphatic heterocycles. The Morgan fingerprint density at radius 1 is 1.03 bits per heavy atom. The first-order chi connectivity index (χ1) is 17.0. The Morgan fingerprint density at radius 2 is 1.75 bits per heavy atom. The van der Waals surface area contributed by atoms with Crippen molar-refractivity contribution in [2.75, 3.05) is 5.32 Å². The number of halogens is 1. The van der Waals surface area contributed by atoms with Gasteiger partial charge in [0, 0.05) is 22.4 Å². The predicted molar refractivity (Wildman–Crippen MR) is 129 cm³/mol. The lowest BCUT2D eigenvalue weighted by Gasteiger charge is -2.12. The standard InChI is InChI=1S/C23H16FN5O6S/c24-17-9-4-13(12-20(17)29(32)33)23(31)26-18-3-1-2-16-21(30)11-10-19(22(16)18)28-27-14-5-7-15(8-6-14)36(25,34)35/h1-12,30H,(H,26,31)(H2,25,34,35). The van der Waals surface area contributed by atoms with Gasteiger partial charge >= 0.3 is 5.69 Å². The lowest BCUT2D eigenvalue weighted by molar-refractivity contribution is -0.387. The van der Waals surface area contributed by atoms with Crippen LogP contribution in [0.2, 0.25) is 0 Å². The number of nitrogens with one attached hydrogen (secondary N) is 1. The van der Waals surface area contributed by atoms with Crippen LogP contribution >= 0.6 is 0 Å². The second-order valence-corrected chi connectivity index (χ2v) is 9.01. The topological polar surface area (TPSA) is 177 Å². The van der Waals surface area contributed by atoms with Crippen LogP contribution in [0, 0.1) is 15.9 Å². The van der Waals surface area contributed by atoms with Gasteiger partial charge in [0.15, 0.2) is 0 Å². The van der Waals surface area contributed by atoms with Crippen molar-refractivity contribution in [2.45, 2.75) is 4.90 Å². The Bertz CT molecular complexity index is 1660. The maximum atomic E-state index is 13.7. The normalized spacial score (nSPS) is 11.6. The number of aromatic hydroxyl groups is 1. The molecular weight excluding hydrogens is 493 g/mol. The van der Waals surface area contributed by atoms with Gasteiger partial charge in [-0.15, -0.1) is 5.11 Å². The maximum Gasteiger partial charge on any atom is 0.305 e. The molecule has 4 aromatic rings. The second-order valence-electron chi connectivity index (χ2n) is 7.45. The number of anilines is 1. The Morgan fingerprint density at radius 3 is 2.42 bits per heavy atom. The van der Waals surface area contributed by atoms with Gasteiger partial charge in [-0.25, -0.2) is 13.6 Å². The SMILES string of the molecule is NS(=O)(=O)c1ccc(N=Nc2ccc(O)c3cccc(NC(=O)c4ccc(F)c([N+](=O)[O-])c4)c23)cc1. The van der Waals surface area contributed by atoms with Crippen LogP contribution < -0.4 is 10.5 Å². The number of nitrogens with zero attached hydrogens (tertiary/aromatic N) is 3. The molecule has 13 heteroatoms. The van der Waals surface area contributed by atoms with Gasteiger partial charge in [0.2, 0.25) is 15.8 Å². The highest BCUT2D eigenvalue weighted by molar-refractivity contribution is 7.89. The van der Waals surface area contributed by atoms with E-state index >= 15 is 0 Å². The summed E-state index contributed by atoms with van der Waals surface area (Å²) in [6, 6.07) is 15.6. The molecule has 0 aliphatic carbocycles. The average Bonchev–Trinajstić information content (AvgIpc) is 2.83. The van der Waals surface area contributed by atoms with Crippen molar-refractivity contribution < 1.29 is 27.6 Å². The van der Waals surface area contributed by atoms with Crippen molar-refractivity contribution in [3.8, 4) is 5.75 Å². The third kappa shape index (κ3) is 5.01. The molecule has 0 spiro atoms. The molecule has 4 rings (SSSR count). The highest BCUT2D eigenvalue weighted by Gasteiger charge is 2.19. The number of hydrogen-bond acceptors (Lipinski definition) is 8. The molecule has 0 saturated heterocycles. The number of hydrogen-bond donors (Lipinski definition) is 3. The van der Waals surface area contributed by atoms with Gasteiger partial charge in [-0.1, -0.05) is 12.1 Å². The van der Waals surface area contributed by atoms with Crippen molar-refractivity contribution in [3.05, 3.63) is 94.3 Å². The number of carbonyl (C=O) groups excluding carboxylic acids is 1. The lowest BCUT2D eigenvalue weighted by Crippen LogP contribution is -2.12. The molecule has 0 saturated carbocycles. The monoisotopic (exact) mass is 509 g/mol.